The van der Waals surface area contributed by atoms with E-state index in [1.165, 1.54) is 12.1 Å². The number of amides is 2. The Morgan fingerprint density at radius 3 is 2.31 bits per heavy atom. The molecule has 0 unspecified atom stereocenters. The van der Waals surface area contributed by atoms with Crippen molar-refractivity contribution in [1.82, 2.24) is 10.4 Å². The first-order chi connectivity index (χ1) is 13.4. The Morgan fingerprint density at radius 2 is 1.76 bits per heavy atom. The summed E-state index contributed by atoms with van der Waals surface area (Å²) in [6.07, 6.45) is -4.15. The van der Waals surface area contributed by atoms with E-state index in [9.17, 15) is 22.8 Å². The lowest BCUT2D eigenvalue weighted by molar-refractivity contribution is -0.137. The van der Waals surface area contributed by atoms with Gasteiger partial charge in [-0.05, 0) is 44.5 Å². The van der Waals surface area contributed by atoms with Crippen LogP contribution < -0.4 is 10.7 Å². The fourth-order valence-corrected chi connectivity index (χ4v) is 2.77. The van der Waals surface area contributed by atoms with Crippen molar-refractivity contribution in [2.24, 2.45) is 5.10 Å². The van der Waals surface area contributed by atoms with Gasteiger partial charge in [0.25, 0.3) is 11.8 Å². The van der Waals surface area contributed by atoms with Crippen molar-refractivity contribution >= 4 is 46.4 Å². The minimum absolute atomic E-state index is 0.0105. The zero-order valence-corrected chi connectivity index (χ0v) is 16.9. The van der Waals surface area contributed by atoms with Gasteiger partial charge in [0.05, 0.1) is 21.8 Å². The summed E-state index contributed by atoms with van der Waals surface area (Å²) in [5, 5.41) is 6.02. The molecule has 0 aliphatic carbocycles. The van der Waals surface area contributed by atoms with Crippen LogP contribution in [0.2, 0.25) is 10.0 Å². The van der Waals surface area contributed by atoms with Crippen LogP contribution in [0.4, 0.5) is 18.9 Å². The number of aryl methyl sites for hydroxylation is 1. The molecule has 0 bridgehead atoms. The molecule has 0 saturated heterocycles. The molecule has 0 saturated carbocycles. The van der Waals surface area contributed by atoms with Gasteiger partial charge in [-0.15, -0.1) is 0 Å². The van der Waals surface area contributed by atoms with Gasteiger partial charge in [0.1, 0.15) is 5.69 Å². The van der Waals surface area contributed by atoms with Crippen LogP contribution in [-0.4, -0.2) is 22.5 Å². The fourth-order valence-electron chi connectivity index (χ4n) is 2.24. The van der Waals surface area contributed by atoms with Gasteiger partial charge in [-0.2, -0.15) is 18.3 Å². The van der Waals surface area contributed by atoms with E-state index in [2.05, 4.69) is 20.8 Å². The molecule has 0 aliphatic rings. The SMILES string of the molecule is CC(C)=NNC(=O)c1cc(Cl)cc(C)c1NC(=O)c1ncc(C(F)(F)F)cc1Cl. The van der Waals surface area contributed by atoms with Crippen LogP contribution >= 0.6 is 23.2 Å². The average Bonchev–Trinajstić information content (AvgIpc) is 2.60. The number of hydrogen-bond donors (Lipinski definition) is 2. The Kier molecular flexibility index (Phi) is 6.86. The first kappa shape index (κ1) is 22.6. The van der Waals surface area contributed by atoms with Crippen molar-refractivity contribution in [2.45, 2.75) is 26.9 Å². The molecule has 1 heterocycles. The van der Waals surface area contributed by atoms with E-state index >= 15 is 0 Å². The second-order valence-corrected chi connectivity index (χ2v) is 7.00. The van der Waals surface area contributed by atoms with Gasteiger partial charge in [0.2, 0.25) is 0 Å². The zero-order valence-electron chi connectivity index (χ0n) is 15.4. The summed E-state index contributed by atoms with van der Waals surface area (Å²) in [6, 6.07) is 3.43. The van der Waals surface area contributed by atoms with Crippen LogP contribution in [0.15, 0.2) is 29.5 Å². The summed E-state index contributed by atoms with van der Waals surface area (Å²) in [7, 11) is 0. The lowest BCUT2D eigenvalue weighted by Crippen LogP contribution is -2.23. The molecule has 11 heteroatoms. The quantitative estimate of drug-likeness (QED) is 0.506. The van der Waals surface area contributed by atoms with Gasteiger partial charge in [-0.1, -0.05) is 23.2 Å². The van der Waals surface area contributed by atoms with Crippen molar-refractivity contribution in [3.8, 4) is 0 Å². The van der Waals surface area contributed by atoms with Crippen LogP contribution in [0, 0.1) is 6.92 Å². The van der Waals surface area contributed by atoms with Crippen molar-refractivity contribution in [3.05, 3.63) is 56.8 Å². The minimum Gasteiger partial charge on any atom is -0.320 e. The molecule has 1 aromatic heterocycles. The molecule has 154 valence electrons. The number of hydrogen-bond acceptors (Lipinski definition) is 4. The normalized spacial score (nSPS) is 11.0. The average molecular weight is 447 g/mol. The summed E-state index contributed by atoms with van der Waals surface area (Å²) >= 11 is 11.8. The van der Waals surface area contributed by atoms with Gasteiger partial charge in [0, 0.05) is 16.9 Å². The summed E-state index contributed by atoms with van der Waals surface area (Å²) in [5.41, 5.74) is 1.93. The van der Waals surface area contributed by atoms with Gasteiger partial charge in [0.15, 0.2) is 0 Å². The lowest BCUT2D eigenvalue weighted by Gasteiger charge is -2.14. The zero-order chi connectivity index (χ0) is 21.9. The Hall–Kier alpha value is -2.65. The number of carbonyl (C=O) groups is 2. The number of aromatic nitrogens is 1. The molecule has 2 aromatic rings. The largest absolute Gasteiger partial charge is 0.417 e. The second kappa shape index (κ2) is 8.79. The smallest absolute Gasteiger partial charge is 0.320 e. The molecule has 0 fully saturated rings. The van der Waals surface area contributed by atoms with E-state index in [0.717, 1.165) is 0 Å². The van der Waals surface area contributed by atoms with Crippen molar-refractivity contribution < 1.29 is 22.8 Å². The number of carbonyl (C=O) groups excluding carboxylic acids is 2. The lowest BCUT2D eigenvalue weighted by atomic mass is 10.1. The molecule has 1 aromatic carbocycles. The maximum Gasteiger partial charge on any atom is 0.417 e. The van der Waals surface area contributed by atoms with Gasteiger partial charge in [-0.25, -0.2) is 10.4 Å². The summed E-state index contributed by atoms with van der Waals surface area (Å²) in [5.74, 6) is -1.53. The number of rotatable bonds is 4. The highest BCUT2D eigenvalue weighted by molar-refractivity contribution is 6.34. The molecule has 0 radical (unpaired) electrons. The summed E-state index contributed by atoms with van der Waals surface area (Å²) in [4.78, 5) is 28.5. The van der Waals surface area contributed by atoms with Crippen molar-refractivity contribution in [1.29, 1.82) is 0 Å². The van der Waals surface area contributed by atoms with Crippen LogP contribution in [0.5, 0.6) is 0 Å². The minimum atomic E-state index is -4.65. The Balaban J connectivity index is 2.40. The molecular weight excluding hydrogens is 432 g/mol. The maximum absolute atomic E-state index is 12.7. The molecule has 6 nitrogen and oxygen atoms in total. The number of halogens is 5. The van der Waals surface area contributed by atoms with E-state index in [0.29, 0.717) is 23.5 Å². The third-order valence-corrected chi connectivity index (χ3v) is 4.05. The number of nitrogens with one attached hydrogen (secondary N) is 2. The standard InChI is InChI=1S/C18H15Cl2F3N4O2/c1-8(2)26-27-16(28)12-6-11(19)4-9(3)14(12)25-17(29)15-13(20)5-10(7-24-15)18(21,22)23/h4-7H,1-3H3,(H,25,29)(H,27,28). The van der Waals surface area contributed by atoms with E-state index in [-0.39, 0.29) is 16.3 Å². The highest BCUT2D eigenvalue weighted by atomic mass is 35.5. The summed E-state index contributed by atoms with van der Waals surface area (Å²) in [6.45, 7) is 4.93. The van der Waals surface area contributed by atoms with Gasteiger partial charge in [-0.3, -0.25) is 9.59 Å². The molecule has 2 amide bonds. The van der Waals surface area contributed by atoms with Crippen molar-refractivity contribution in [3.63, 3.8) is 0 Å². The second-order valence-electron chi connectivity index (χ2n) is 6.15. The number of anilines is 1. The highest BCUT2D eigenvalue weighted by Crippen LogP contribution is 2.32. The predicted octanol–water partition coefficient (Wildman–Crippen LogP) is 5.09. The van der Waals surface area contributed by atoms with Crippen LogP contribution in [0.3, 0.4) is 0 Å². The maximum atomic E-state index is 12.7. The molecule has 0 spiro atoms. The number of alkyl halides is 3. The van der Waals surface area contributed by atoms with Gasteiger partial charge < -0.3 is 5.32 Å². The third kappa shape index (κ3) is 5.68. The Labute approximate surface area is 174 Å². The first-order valence-corrected chi connectivity index (χ1v) is 8.81. The number of pyridine rings is 1. The van der Waals surface area contributed by atoms with Crippen molar-refractivity contribution in [2.75, 3.05) is 5.32 Å². The number of hydrazone groups is 1. The fraction of sp³-hybridized carbons (Fsp3) is 0.222. The molecule has 0 atom stereocenters. The third-order valence-electron chi connectivity index (χ3n) is 3.55. The van der Waals surface area contributed by atoms with Crippen LogP contribution in [0.1, 0.15) is 45.8 Å². The monoisotopic (exact) mass is 446 g/mol. The first-order valence-electron chi connectivity index (χ1n) is 8.05. The van der Waals surface area contributed by atoms with Crippen LogP contribution in [0.25, 0.3) is 0 Å². The van der Waals surface area contributed by atoms with E-state index in [4.69, 9.17) is 23.2 Å². The topological polar surface area (TPSA) is 83.5 Å². The molecular formula is C18H15Cl2F3N4O2. The molecule has 29 heavy (non-hydrogen) atoms. The Morgan fingerprint density at radius 1 is 1.10 bits per heavy atom. The van der Waals surface area contributed by atoms with Crippen LogP contribution in [-0.2, 0) is 6.18 Å². The predicted molar refractivity (Wildman–Crippen MR) is 105 cm³/mol. The number of nitrogens with zero attached hydrogens (tertiary/aromatic N) is 2. The van der Waals surface area contributed by atoms with Gasteiger partial charge >= 0.3 is 6.18 Å². The number of benzene rings is 1. The highest BCUT2D eigenvalue weighted by Gasteiger charge is 2.32. The van der Waals surface area contributed by atoms with E-state index < -0.39 is 34.3 Å². The molecule has 0 aliphatic heterocycles. The summed E-state index contributed by atoms with van der Waals surface area (Å²) < 4.78 is 38.2. The Bertz CT molecular complexity index is 1000. The van der Waals surface area contributed by atoms with E-state index in [1.54, 1.807) is 20.8 Å². The molecule has 2 N–H and O–H groups in total. The molecule has 2 rings (SSSR count). The van der Waals surface area contributed by atoms with E-state index in [1.807, 2.05) is 0 Å².